The molecule has 0 bridgehead atoms. The summed E-state index contributed by atoms with van der Waals surface area (Å²) in [5, 5.41) is 3.50. The average molecular weight is 274 g/mol. The molecule has 1 aliphatic heterocycles. The van der Waals surface area contributed by atoms with Crippen LogP contribution in [0.3, 0.4) is 0 Å². The third kappa shape index (κ3) is 3.99. The summed E-state index contributed by atoms with van der Waals surface area (Å²) >= 11 is 0. The van der Waals surface area contributed by atoms with Gasteiger partial charge >= 0.3 is 0 Å². The zero-order chi connectivity index (χ0) is 14.5. The Kier molecular flexibility index (Phi) is 5.47. The van der Waals surface area contributed by atoms with E-state index in [1.165, 1.54) is 49.2 Å². The first-order valence-corrected chi connectivity index (χ1v) is 8.18. The molecule has 112 valence electrons. The fourth-order valence-electron chi connectivity index (χ4n) is 3.10. The summed E-state index contributed by atoms with van der Waals surface area (Å²) < 4.78 is 0. The van der Waals surface area contributed by atoms with Gasteiger partial charge in [0.15, 0.2) is 0 Å². The summed E-state index contributed by atoms with van der Waals surface area (Å²) in [6.07, 6.45) is 4.06. The Labute approximate surface area is 124 Å². The van der Waals surface area contributed by atoms with Crippen molar-refractivity contribution in [2.24, 2.45) is 5.92 Å². The molecule has 0 spiro atoms. The smallest absolute Gasteiger partial charge is 0.0369 e. The summed E-state index contributed by atoms with van der Waals surface area (Å²) in [6, 6.07) is 7.51. The molecule has 1 fully saturated rings. The molecular formula is C18H30N2. The van der Waals surface area contributed by atoms with Crippen molar-refractivity contribution in [3.8, 4) is 0 Å². The van der Waals surface area contributed by atoms with E-state index in [9.17, 15) is 0 Å². The zero-order valence-corrected chi connectivity index (χ0v) is 13.6. The summed E-state index contributed by atoms with van der Waals surface area (Å²) in [5.41, 5.74) is 4.25. The molecule has 1 atom stereocenters. The molecular weight excluding hydrogens is 244 g/mol. The molecule has 1 saturated heterocycles. The largest absolute Gasteiger partial charge is 0.371 e. The Bertz CT molecular complexity index is 425. The molecule has 1 N–H and O–H groups in total. The second kappa shape index (κ2) is 7.12. The Morgan fingerprint density at radius 3 is 2.80 bits per heavy atom. The van der Waals surface area contributed by atoms with Crippen LogP contribution in [0.1, 0.15) is 51.2 Å². The number of nitrogens with one attached hydrogen (secondary N) is 1. The van der Waals surface area contributed by atoms with Crippen LogP contribution in [0.4, 0.5) is 5.69 Å². The second-order valence-corrected chi connectivity index (χ2v) is 6.54. The van der Waals surface area contributed by atoms with Crippen LogP contribution in [0.5, 0.6) is 0 Å². The normalized spacial score (nSPS) is 19.1. The first kappa shape index (κ1) is 15.4. The van der Waals surface area contributed by atoms with E-state index in [-0.39, 0.29) is 0 Å². The zero-order valence-electron chi connectivity index (χ0n) is 13.6. The lowest BCUT2D eigenvalue weighted by Gasteiger charge is -2.20. The summed E-state index contributed by atoms with van der Waals surface area (Å²) in [7, 11) is 0. The fourth-order valence-corrected chi connectivity index (χ4v) is 3.10. The van der Waals surface area contributed by atoms with E-state index < -0.39 is 0 Å². The van der Waals surface area contributed by atoms with E-state index in [4.69, 9.17) is 0 Å². The van der Waals surface area contributed by atoms with Gasteiger partial charge in [-0.25, -0.2) is 0 Å². The Hall–Kier alpha value is -1.02. The summed E-state index contributed by atoms with van der Waals surface area (Å²) in [6.45, 7) is 12.4. The summed E-state index contributed by atoms with van der Waals surface area (Å²) in [5.74, 6) is 0.905. The van der Waals surface area contributed by atoms with Gasteiger partial charge in [0, 0.05) is 31.4 Å². The van der Waals surface area contributed by atoms with Crippen molar-refractivity contribution in [1.82, 2.24) is 5.32 Å². The van der Waals surface area contributed by atoms with E-state index in [2.05, 4.69) is 56.1 Å². The first-order valence-electron chi connectivity index (χ1n) is 8.18. The van der Waals surface area contributed by atoms with E-state index in [1.807, 2.05) is 0 Å². The van der Waals surface area contributed by atoms with Crippen LogP contribution in [-0.2, 0) is 6.54 Å². The van der Waals surface area contributed by atoms with Crippen molar-refractivity contribution >= 4 is 5.69 Å². The van der Waals surface area contributed by atoms with Gasteiger partial charge < -0.3 is 10.2 Å². The van der Waals surface area contributed by atoms with Crippen molar-refractivity contribution in [1.29, 1.82) is 0 Å². The third-order valence-electron chi connectivity index (χ3n) is 4.37. The van der Waals surface area contributed by atoms with Gasteiger partial charge in [0.25, 0.3) is 0 Å². The lowest BCUT2D eigenvalue weighted by atomic mass is 10.0. The molecule has 1 aliphatic rings. The van der Waals surface area contributed by atoms with Gasteiger partial charge in [-0.2, -0.15) is 0 Å². The third-order valence-corrected chi connectivity index (χ3v) is 4.37. The number of nitrogens with zero attached hydrogens (tertiary/aromatic N) is 1. The van der Waals surface area contributed by atoms with Gasteiger partial charge in [-0.15, -0.1) is 0 Å². The number of hydrogen-bond donors (Lipinski definition) is 1. The number of aryl methyl sites for hydroxylation is 1. The predicted octanol–water partition coefficient (Wildman–Crippen LogP) is 4.12. The highest BCUT2D eigenvalue weighted by Crippen LogP contribution is 2.27. The Morgan fingerprint density at radius 2 is 2.15 bits per heavy atom. The van der Waals surface area contributed by atoms with Crippen molar-refractivity contribution < 1.29 is 0 Å². The maximum absolute atomic E-state index is 3.50. The molecule has 1 heterocycles. The van der Waals surface area contributed by atoms with E-state index in [0.29, 0.717) is 6.04 Å². The molecule has 1 aromatic carbocycles. The van der Waals surface area contributed by atoms with Gasteiger partial charge in [-0.3, -0.25) is 0 Å². The summed E-state index contributed by atoms with van der Waals surface area (Å²) in [4.78, 5) is 2.56. The standard InChI is InChI=1S/C18H30N2/c1-5-6-16-9-10-20(13-16)18-8-7-17(15(4)11-18)12-19-14(2)3/h7-8,11,14,16,19H,5-6,9-10,12-13H2,1-4H3. The first-order chi connectivity index (χ1) is 9.60. The minimum atomic E-state index is 0.544. The molecule has 2 rings (SSSR count). The lowest BCUT2D eigenvalue weighted by molar-refractivity contribution is 0.530. The minimum absolute atomic E-state index is 0.544. The minimum Gasteiger partial charge on any atom is -0.371 e. The van der Waals surface area contributed by atoms with Gasteiger partial charge in [0.1, 0.15) is 0 Å². The van der Waals surface area contributed by atoms with Crippen LogP contribution in [0.2, 0.25) is 0 Å². The van der Waals surface area contributed by atoms with Gasteiger partial charge in [-0.05, 0) is 48.9 Å². The average Bonchev–Trinajstić information content (AvgIpc) is 2.86. The highest BCUT2D eigenvalue weighted by atomic mass is 15.1. The number of anilines is 1. The van der Waals surface area contributed by atoms with Crippen LogP contribution in [-0.4, -0.2) is 19.1 Å². The fraction of sp³-hybridized carbons (Fsp3) is 0.667. The van der Waals surface area contributed by atoms with Crippen LogP contribution in [0.15, 0.2) is 18.2 Å². The maximum Gasteiger partial charge on any atom is 0.0369 e. The predicted molar refractivity (Wildman–Crippen MR) is 88.4 cm³/mol. The van der Waals surface area contributed by atoms with E-state index in [0.717, 1.165) is 12.5 Å². The van der Waals surface area contributed by atoms with Crippen molar-refractivity contribution in [2.75, 3.05) is 18.0 Å². The van der Waals surface area contributed by atoms with Crippen molar-refractivity contribution in [3.63, 3.8) is 0 Å². The topological polar surface area (TPSA) is 15.3 Å². The number of hydrogen-bond acceptors (Lipinski definition) is 2. The maximum atomic E-state index is 3.50. The molecule has 0 aromatic heterocycles. The molecule has 0 amide bonds. The van der Waals surface area contributed by atoms with Crippen molar-refractivity contribution in [2.45, 2.75) is 59.5 Å². The molecule has 1 unspecified atom stereocenters. The quantitative estimate of drug-likeness (QED) is 0.839. The Balaban J connectivity index is 1.98. The van der Waals surface area contributed by atoms with E-state index in [1.54, 1.807) is 0 Å². The van der Waals surface area contributed by atoms with Crippen LogP contribution < -0.4 is 10.2 Å². The molecule has 2 nitrogen and oxygen atoms in total. The second-order valence-electron chi connectivity index (χ2n) is 6.54. The lowest BCUT2D eigenvalue weighted by Crippen LogP contribution is -2.23. The van der Waals surface area contributed by atoms with Gasteiger partial charge in [0.2, 0.25) is 0 Å². The van der Waals surface area contributed by atoms with Gasteiger partial charge in [0.05, 0.1) is 0 Å². The number of rotatable bonds is 6. The molecule has 0 radical (unpaired) electrons. The Morgan fingerprint density at radius 1 is 1.35 bits per heavy atom. The molecule has 1 aromatic rings. The van der Waals surface area contributed by atoms with Gasteiger partial charge in [-0.1, -0.05) is 33.3 Å². The van der Waals surface area contributed by atoms with E-state index >= 15 is 0 Å². The van der Waals surface area contributed by atoms with Crippen LogP contribution >= 0.6 is 0 Å². The van der Waals surface area contributed by atoms with Crippen LogP contribution in [0, 0.1) is 12.8 Å². The SMILES string of the molecule is CCCC1CCN(c2ccc(CNC(C)C)c(C)c2)C1. The molecule has 2 heteroatoms. The number of benzene rings is 1. The highest BCUT2D eigenvalue weighted by molar-refractivity contribution is 5.51. The molecule has 0 saturated carbocycles. The monoisotopic (exact) mass is 274 g/mol. The van der Waals surface area contributed by atoms with Crippen LogP contribution in [0.25, 0.3) is 0 Å². The van der Waals surface area contributed by atoms with Crippen molar-refractivity contribution in [3.05, 3.63) is 29.3 Å². The highest BCUT2D eigenvalue weighted by Gasteiger charge is 2.22. The molecule has 0 aliphatic carbocycles. The molecule has 20 heavy (non-hydrogen) atoms.